The first kappa shape index (κ1) is 17.5. The summed E-state index contributed by atoms with van der Waals surface area (Å²) in [5.41, 5.74) is 1.88. The fraction of sp³-hybridized carbons (Fsp3) is 0.333. The van der Waals surface area contributed by atoms with Crippen LogP contribution in [-0.2, 0) is 6.54 Å². The summed E-state index contributed by atoms with van der Waals surface area (Å²) in [6.45, 7) is 2.96. The Morgan fingerprint density at radius 2 is 2.00 bits per heavy atom. The van der Waals surface area contributed by atoms with E-state index in [1.807, 2.05) is 30.3 Å². The lowest BCUT2D eigenvalue weighted by molar-refractivity contribution is 0.211. The largest absolute Gasteiger partial charge is 0.497 e. The molecule has 3 heterocycles. The molecule has 0 unspecified atom stereocenters. The van der Waals surface area contributed by atoms with Gasteiger partial charge in [0.25, 0.3) is 5.56 Å². The molecular weight excluding hydrogens is 340 g/mol. The zero-order valence-corrected chi connectivity index (χ0v) is 15.5. The number of nitrogens with zero attached hydrogens (tertiary/aromatic N) is 3. The van der Waals surface area contributed by atoms with Gasteiger partial charge >= 0.3 is 0 Å². The number of aromatic nitrogens is 2. The number of rotatable bonds is 5. The van der Waals surface area contributed by atoms with Crippen LogP contribution in [0.2, 0.25) is 0 Å². The van der Waals surface area contributed by atoms with E-state index in [0.29, 0.717) is 17.5 Å². The number of piperidine rings is 1. The highest BCUT2D eigenvalue weighted by atomic mass is 16.5. The second-order valence-electron chi connectivity index (χ2n) is 6.95. The van der Waals surface area contributed by atoms with E-state index in [9.17, 15) is 4.79 Å². The molecule has 3 aromatic rings. The molecule has 2 aromatic heterocycles. The van der Waals surface area contributed by atoms with E-state index in [4.69, 9.17) is 4.74 Å². The highest BCUT2D eigenvalue weighted by Crippen LogP contribution is 2.19. The molecule has 0 saturated carbocycles. The zero-order chi connectivity index (χ0) is 18.6. The normalized spacial score (nSPS) is 15.7. The van der Waals surface area contributed by atoms with Gasteiger partial charge in [-0.2, -0.15) is 0 Å². The Labute approximate surface area is 158 Å². The maximum Gasteiger partial charge on any atom is 0.259 e. The van der Waals surface area contributed by atoms with Crippen LogP contribution < -0.4 is 15.6 Å². The summed E-state index contributed by atoms with van der Waals surface area (Å²) in [4.78, 5) is 19.2. The number of hydrogen-bond acceptors (Lipinski definition) is 5. The van der Waals surface area contributed by atoms with Gasteiger partial charge in [0.05, 0.1) is 7.11 Å². The first-order chi connectivity index (χ1) is 13.2. The van der Waals surface area contributed by atoms with E-state index < -0.39 is 0 Å². The van der Waals surface area contributed by atoms with Gasteiger partial charge in [0.2, 0.25) is 0 Å². The molecule has 0 bridgehead atoms. The van der Waals surface area contributed by atoms with Gasteiger partial charge in [-0.3, -0.25) is 14.1 Å². The minimum Gasteiger partial charge on any atom is -0.497 e. The van der Waals surface area contributed by atoms with E-state index in [1.165, 1.54) is 5.56 Å². The number of ether oxygens (including phenoxy) is 1. The van der Waals surface area contributed by atoms with Crippen molar-refractivity contribution in [1.29, 1.82) is 0 Å². The van der Waals surface area contributed by atoms with Gasteiger partial charge in [-0.15, -0.1) is 0 Å². The van der Waals surface area contributed by atoms with E-state index in [2.05, 4.69) is 27.3 Å². The van der Waals surface area contributed by atoms with Gasteiger partial charge in [-0.1, -0.05) is 18.2 Å². The lowest BCUT2D eigenvalue weighted by atomic mass is 10.0. The number of nitrogens with one attached hydrogen (secondary N) is 1. The summed E-state index contributed by atoms with van der Waals surface area (Å²) in [6.07, 6.45) is 3.80. The van der Waals surface area contributed by atoms with E-state index in [-0.39, 0.29) is 5.56 Å². The second kappa shape index (κ2) is 7.80. The second-order valence-corrected chi connectivity index (χ2v) is 6.95. The fourth-order valence-corrected chi connectivity index (χ4v) is 3.60. The summed E-state index contributed by atoms with van der Waals surface area (Å²) in [5, 5.41) is 3.45. The van der Waals surface area contributed by atoms with Crippen LogP contribution in [0.15, 0.2) is 59.5 Å². The van der Waals surface area contributed by atoms with E-state index >= 15 is 0 Å². The van der Waals surface area contributed by atoms with Gasteiger partial charge in [-0.05, 0) is 42.7 Å². The van der Waals surface area contributed by atoms with Crippen molar-refractivity contribution >= 4 is 11.5 Å². The van der Waals surface area contributed by atoms with Crippen LogP contribution in [0.3, 0.4) is 0 Å². The standard InChI is InChI=1S/C21H24N4O2/c1-27-18-6-4-5-16(13-18)15-24-11-8-17(9-12-24)22-19-14-21(26)25-10-3-2-7-20(25)23-19/h2-7,10,13-14,17,22H,8-9,11-12,15H2,1H3. The predicted molar refractivity (Wildman–Crippen MR) is 106 cm³/mol. The molecule has 0 atom stereocenters. The average Bonchev–Trinajstić information content (AvgIpc) is 2.70. The Hall–Kier alpha value is -2.86. The monoisotopic (exact) mass is 364 g/mol. The SMILES string of the molecule is COc1cccc(CN2CCC(Nc3cc(=O)n4ccccc4n3)CC2)c1. The molecular formula is C21H24N4O2. The van der Waals surface area contributed by atoms with Crippen molar-refractivity contribution in [1.82, 2.24) is 14.3 Å². The summed E-state index contributed by atoms with van der Waals surface area (Å²) < 4.78 is 6.86. The Kier molecular flexibility index (Phi) is 5.07. The fourth-order valence-electron chi connectivity index (χ4n) is 3.60. The van der Waals surface area contributed by atoms with Crippen molar-refractivity contribution in [3.05, 3.63) is 70.6 Å². The summed E-state index contributed by atoms with van der Waals surface area (Å²) in [6, 6.07) is 15.7. The van der Waals surface area contributed by atoms with Crippen molar-refractivity contribution in [2.24, 2.45) is 0 Å². The van der Waals surface area contributed by atoms with E-state index in [1.54, 1.807) is 23.8 Å². The number of anilines is 1. The molecule has 6 heteroatoms. The quantitative estimate of drug-likeness (QED) is 0.754. The molecule has 1 aliphatic rings. The molecule has 4 rings (SSSR count). The molecule has 0 spiro atoms. The molecule has 27 heavy (non-hydrogen) atoms. The van der Waals surface area contributed by atoms with Crippen molar-refractivity contribution in [3.8, 4) is 5.75 Å². The van der Waals surface area contributed by atoms with Crippen LogP contribution >= 0.6 is 0 Å². The molecule has 140 valence electrons. The van der Waals surface area contributed by atoms with Crippen LogP contribution in [0.25, 0.3) is 5.65 Å². The van der Waals surface area contributed by atoms with Crippen LogP contribution in [0, 0.1) is 0 Å². The maximum absolute atomic E-state index is 12.2. The van der Waals surface area contributed by atoms with Crippen molar-refractivity contribution in [3.63, 3.8) is 0 Å². The smallest absolute Gasteiger partial charge is 0.259 e. The summed E-state index contributed by atoms with van der Waals surface area (Å²) >= 11 is 0. The molecule has 1 aromatic carbocycles. The summed E-state index contributed by atoms with van der Waals surface area (Å²) in [7, 11) is 1.70. The molecule has 1 saturated heterocycles. The maximum atomic E-state index is 12.2. The Bertz CT molecular complexity index is 977. The first-order valence-corrected chi connectivity index (χ1v) is 9.31. The third-order valence-electron chi connectivity index (χ3n) is 5.05. The van der Waals surface area contributed by atoms with Gasteiger partial charge in [-0.25, -0.2) is 4.98 Å². The highest BCUT2D eigenvalue weighted by molar-refractivity contribution is 5.46. The topological polar surface area (TPSA) is 58.9 Å². The lowest BCUT2D eigenvalue weighted by Gasteiger charge is -2.32. The molecule has 0 amide bonds. The number of likely N-dealkylation sites (tertiary alicyclic amines) is 1. The van der Waals surface area contributed by atoms with Crippen molar-refractivity contribution < 1.29 is 4.74 Å². The van der Waals surface area contributed by atoms with Gasteiger partial charge in [0, 0.05) is 37.9 Å². The summed E-state index contributed by atoms with van der Waals surface area (Å²) in [5.74, 6) is 1.56. The molecule has 1 aliphatic heterocycles. The Balaban J connectivity index is 1.36. The number of hydrogen-bond donors (Lipinski definition) is 1. The van der Waals surface area contributed by atoms with Gasteiger partial charge < -0.3 is 10.1 Å². The molecule has 1 fully saturated rings. The van der Waals surface area contributed by atoms with Gasteiger partial charge in [0.1, 0.15) is 17.2 Å². The van der Waals surface area contributed by atoms with Crippen LogP contribution in [0.1, 0.15) is 18.4 Å². The van der Waals surface area contributed by atoms with Crippen LogP contribution in [-0.4, -0.2) is 40.5 Å². The zero-order valence-electron chi connectivity index (χ0n) is 15.5. The molecule has 0 radical (unpaired) electrons. The average molecular weight is 364 g/mol. The number of pyridine rings is 1. The van der Waals surface area contributed by atoms with E-state index in [0.717, 1.165) is 38.2 Å². The number of methoxy groups -OCH3 is 1. The molecule has 1 N–H and O–H groups in total. The van der Waals surface area contributed by atoms with Crippen LogP contribution in [0.4, 0.5) is 5.82 Å². The molecule has 6 nitrogen and oxygen atoms in total. The lowest BCUT2D eigenvalue weighted by Crippen LogP contribution is -2.39. The Morgan fingerprint density at radius 1 is 1.15 bits per heavy atom. The number of fused-ring (bicyclic) bond motifs is 1. The number of benzene rings is 1. The minimum absolute atomic E-state index is 0.0569. The Morgan fingerprint density at radius 3 is 2.81 bits per heavy atom. The minimum atomic E-state index is -0.0569. The third-order valence-corrected chi connectivity index (χ3v) is 5.05. The van der Waals surface area contributed by atoms with Crippen molar-refractivity contribution in [2.45, 2.75) is 25.4 Å². The third kappa shape index (κ3) is 4.11. The first-order valence-electron chi connectivity index (χ1n) is 9.31. The molecule has 0 aliphatic carbocycles. The predicted octanol–water partition coefficient (Wildman–Crippen LogP) is 2.78. The van der Waals surface area contributed by atoms with Crippen molar-refractivity contribution in [2.75, 3.05) is 25.5 Å². The van der Waals surface area contributed by atoms with Crippen LogP contribution in [0.5, 0.6) is 5.75 Å². The van der Waals surface area contributed by atoms with Gasteiger partial charge in [0.15, 0.2) is 0 Å². The highest BCUT2D eigenvalue weighted by Gasteiger charge is 2.20.